The molecule has 0 spiro atoms. The van der Waals surface area contributed by atoms with E-state index in [2.05, 4.69) is 67.5 Å². The van der Waals surface area contributed by atoms with Gasteiger partial charge in [-0.3, -0.25) is 0 Å². The first-order chi connectivity index (χ1) is 13.1. The van der Waals surface area contributed by atoms with Crippen LogP contribution in [0.25, 0.3) is 0 Å². The van der Waals surface area contributed by atoms with Gasteiger partial charge in [-0.15, -0.1) is 0 Å². The summed E-state index contributed by atoms with van der Waals surface area (Å²) in [6, 6.07) is 0. The lowest BCUT2D eigenvalue weighted by molar-refractivity contribution is 0.199. The number of allylic oxidation sites excluding steroid dienone is 2. The van der Waals surface area contributed by atoms with E-state index in [4.69, 9.17) is 0 Å². The standard InChI is InChI=1S/C28H54/c1-9-26-22-28(26,23(2)3)25(5)20-16-12-10-11-14-18-24(4)19-15-13-17-21-27(6,7)8/h11,14,23-26H,9-10,12-13,15-22H2,1-8H3. The predicted octanol–water partition coefficient (Wildman–Crippen LogP) is 9.83. The van der Waals surface area contributed by atoms with Gasteiger partial charge in [-0.25, -0.2) is 0 Å². The highest BCUT2D eigenvalue weighted by atomic mass is 14.6. The number of hydrogen-bond acceptors (Lipinski definition) is 0. The lowest BCUT2D eigenvalue weighted by atomic mass is 9.76. The second kappa shape index (κ2) is 12.4. The van der Waals surface area contributed by atoms with Crippen molar-refractivity contribution in [3.8, 4) is 0 Å². The molecular weight excluding hydrogens is 336 g/mol. The Kier molecular flexibility index (Phi) is 11.5. The Morgan fingerprint density at radius 1 is 0.893 bits per heavy atom. The Morgan fingerprint density at radius 3 is 2.14 bits per heavy atom. The summed E-state index contributed by atoms with van der Waals surface area (Å²) < 4.78 is 0. The molecule has 1 fully saturated rings. The van der Waals surface area contributed by atoms with Gasteiger partial charge >= 0.3 is 0 Å². The van der Waals surface area contributed by atoms with Crippen molar-refractivity contribution >= 4 is 0 Å². The SMILES string of the molecule is CCC1CC1(C(C)C)C(C)CCCCC=CCC(C)CCCCCC(C)(C)C. The van der Waals surface area contributed by atoms with E-state index >= 15 is 0 Å². The lowest BCUT2D eigenvalue weighted by Crippen LogP contribution is -2.22. The quantitative estimate of drug-likeness (QED) is 0.193. The molecule has 1 aliphatic carbocycles. The Bertz CT molecular complexity index is 424. The van der Waals surface area contributed by atoms with Crippen molar-refractivity contribution in [1.29, 1.82) is 0 Å². The average Bonchev–Trinajstić information content (AvgIpc) is 3.35. The monoisotopic (exact) mass is 390 g/mol. The number of unbranched alkanes of at least 4 members (excludes halogenated alkanes) is 4. The molecule has 4 atom stereocenters. The first-order valence-corrected chi connectivity index (χ1v) is 12.8. The summed E-state index contributed by atoms with van der Waals surface area (Å²) in [6.45, 7) is 19.3. The number of rotatable bonds is 15. The van der Waals surface area contributed by atoms with Crippen LogP contribution in [-0.2, 0) is 0 Å². The summed E-state index contributed by atoms with van der Waals surface area (Å²) in [5.74, 6) is 3.65. The first kappa shape index (κ1) is 25.8. The molecule has 1 rings (SSSR count). The smallest absolute Gasteiger partial charge is 0.0218 e. The summed E-state index contributed by atoms with van der Waals surface area (Å²) in [5.41, 5.74) is 1.20. The molecule has 0 aromatic carbocycles. The van der Waals surface area contributed by atoms with Gasteiger partial charge in [0.05, 0.1) is 0 Å². The minimum absolute atomic E-state index is 0.512. The van der Waals surface area contributed by atoms with Crippen LogP contribution in [0.4, 0.5) is 0 Å². The summed E-state index contributed by atoms with van der Waals surface area (Å²) in [5, 5.41) is 0. The Balaban J connectivity index is 2.05. The lowest BCUT2D eigenvalue weighted by Gasteiger charge is -2.29. The normalized spacial score (nSPS) is 24.8. The fourth-order valence-corrected chi connectivity index (χ4v) is 5.64. The highest BCUT2D eigenvalue weighted by Crippen LogP contribution is 2.64. The summed E-state index contributed by atoms with van der Waals surface area (Å²) in [6.07, 6.45) is 21.6. The van der Waals surface area contributed by atoms with Crippen molar-refractivity contribution in [3.63, 3.8) is 0 Å². The Morgan fingerprint density at radius 2 is 1.57 bits per heavy atom. The molecule has 1 saturated carbocycles. The summed E-state index contributed by atoms with van der Waals surface area (Å²) in [7, 11) is 0. The van der Waals surface area contributed by atoms with Gasteiger partial charge in [0.2, 0.25) is 0 Å². The third kappa shape index (κ3) is 9.04. The van der Waals surface area contributed by atoms with Gasteiger partial charge in [0.25, 0.3) is 0 Å². The van der Waals surface area contributed by atoms with Gasteiger partial charge < -0.3 is 0 Å². The highest BCUT2D eigenvalue weighted by Gasteiger charge is 2.57. The van der Waals surface area contributed by atoms with Crippen molar-refractivity contribution in [2.45, 2.75) is 132 Å². The molecule has 4 unspecified atom stereocenters. The van der Waals surface area contributed by atoms with Gasteiger partial charge in [0, 0.05) is 0 Å². The molecular formula is C28H54. The molecule has 0 aromatic heterocycles. The van der Waals surface area contributed by atoms with Crippen LogP contribution in [0.2, 0.25) is 0 Å². The van der Waals surface area contributed by atoms with Crippen LogP contribution in [0.3, 0.4) is 0 Å². The van der Waals surface area contributed by atoms with Crippen LogP contribution in [0.5, 0.6) is 0 Å². The van der Waals surface area contributed by atoms with Gasteiger partial charge in [-0.05, 0) is 66.6 Å². The van der Waals surface area contributed by atoms with Crippen LogP contribution in [0.15, 0.2) is 12.2 Å². The fraction of sp³-hybridized carbons (Fsp3) is 0.929. The summed E-state index contributed by atoms with van der Waals surface area (Å²) in [4.78, 5) is 0. The van der Waals surface area contributed by atoms with Gasteiger partial charge in [0.1, 0.15) is 0 Å². The molecule has 0 saturated heterocycles. The van der Waals surface area contributed by atoms with Crippen molar-refractivity contribution < 1.29 is 0 Å². The zero-order chi connectivity index (χ0) is 21.2. The van der Waals surface area contributed by atoms with Crippen molar-refractivity contribution in [2.75, 3.05) is 0 Å². The fourth-order valence-electron chi connectivity index (χ4n) is 5.64. The molecule has 0 N–H and O–H groups in total. The minimum atomic E-state index is 0.512. The van der Waals surface area contributed by atoms with E-state index in [-0.39, 0.29) is 0 Å². The van der Waals surface area contributed by atoms with E-state index in [0.29, 0.717) is 10.8 Å². The second-order valence-corrected chi connectivity index (χ2v) is 11.7. The van der Waals surface area contributed by atoms with Crippen LogP contribution in [-0.4, -0.2) is 0 Å². The predicted molar refractivity (Wildman–Crippen MR) is 129 cm³/mol. The molecule has 0 radical (unpaired) electrons. The van der Waals surface area contributed by atoms with Crippen molar-refractivity contribution in [3.05, 3.63) is 12.2 Å². The molecule has 0 aliphatic heterocycles. The molecule has 0 heteroatoms. The van der Waals surface area contributed by atoms with Crippen LogP contribution in [0, 0.1) is 34.5 Å². The molecule has 0 nitrogen and oxygen atoms in total. The Labute approximate surface area is 179 Å². The highest BCUT2D eigenvalue weighted by molar-refractivity contribution is 5.06. The zero-order valence-corrected chi connectivity index (χ0v) is 20.9. The van der Waals surface area contributed by atoms with Crippen LogP contribution < -0.4 is 0 Å². The van der Waals surface area contributed by atoms with E-state index in [9.17, 15) is 0 Å². The molecule has 0 heterocycles. The molecule has 0 amide bonds. The van der Waals surface area contributed by atoms with Crippen LogP contribution >= 0.6 is 0 Å². The molecule has 28 heavy (non-hydrogen) atoms. The third-order valence-electron chi connectivity index (χ3n) is 7.77. The molecule has 0 aromatic rings. The maximum absolute atomic E-state index is 2.54. The average molecular weight is 391 g/mol. The van der Waals surface area contributed by atoms with Gasteiger partial charge in [-0.2, -0.15) is 0 Å². The van der Waals surface area contributed by atoms with Crippen molar-refractivity contribution in [1.82, 2.24) is 0 Å². The topological polar surface area (TPSA) is 0 Å². The first-order valence-electron chi connectivity index (χ1n) is 12.8. The molecule has 0 bridgehead atoms. The maximum Gasteiger partial charge on any atom is -0.0218 e. The second-order valence-electron chi connectivity index (χ2n) is 11.7. The molecule has 166 valence electrons. The van der Waals surface area contributed by atoms with E-state index in [1.807, 2.05) is 0 Å². The van der Waals surface area contributed by atoms with E-state index in [1.54, 1.807) is 0 Å². The number of hydrogen-bond donors (Lipinski definition) is 0. The van der Waals surface area contributed by atoms with E-state index in [0.717, 1.165) is 23.7 Å². The maximum atomic E-state index is 2.54. The Hall–Kier alpha value is -0.260. The van der Waals surface area contributed by atoms with E-state index in [1.165, 1.54) is 77.0 Å². The van der Waals surface area contributed by atoms with Crippen LogP contribution in [0.1, 0.15) is 132 Å². The largest absolute Gasteiger partial charge is 0.0885 e. The molecule has 1 aliphatic rings. The minimum Gasteiger partial charge on any atom is -0.0885 e. The van der Waals surface area contributed by atoms with Gasteiger partial charge in [-0.1, -0.05) is 112 Å². The van der Waals surface area contributed by atoms with E-state index < -0.39 is 0 Å². The van der Waals surface area contributed by atoms with Crippen molar-refractivity contribution in [2.24, 2.45) is 34.5 Å². The third-order valence-corrected chi connectivity index (χ3v) is 7.77. The van der Waals surface area contributed by atoms with Gasteiger partial charge in [0.15, 0.2) is 0 Å². The summed E-state index contributed by atoms with van der Waals surface area (Å²) >= 11 is 0. The zero-order valence-electron chi connectivity index (χ0n) is 20.9.